The van der Waals surface area contributed by atoms with Gasteiger partial charge in [-0.15, -0.1) is 0 Å². The highest BCUT2D eigenvalue weighted by molar-refractivity contribution is 9.10. The Kier molecular flexibility index (Phi) is 4.29. The highest BCUT2D eigenvalue weighted by Gasteiger charge is 2.74. The van der Waals surface area contributed by atoms with E-state index in [9.17, 15) is 30.7 Å². The van der Waals surface area contributed by atoms with Crippen LogP contribution in [0.5, 0.6) is 0 Å². The zero-order chi connectivity index (χ0) is 17.6. The van der Waals surface area contributed by atoms with Gasteiger partial charge in [0.05, 0.1) is 6.26 Å². The molecular weight excluding hydrogens is 397 g/mol. The number of hydrogen-bond acceptors (Lipinski definition) is 1. The van der Waals surface area contributed by atoms with E-state index in [1.807, 2.05) is 0 Å². The summed E-state index contributed by atoms with van der Waals surface area (Å²) in [6.07, 6.45) is -11.3. The molecule has 1 heterocycles. The van der Waals surface area contributed by atoms with E-state index in [1.165, 1.54) is 19.1 Å². The summed E-state index contributed by atoms with van der Waals surface area (Å²) < 4.78 is 97.3. The Bertz CT molecular complexity index is 687. The van der Waals surface area contributed by atoms with E-state index >= 15 is 0 Å². The maximum Gasteiger partial charge on any atom is 0.435 e. The quantitative estimate of drug-likeness (QED) is 0.534. The molecule has 0 radical (unpaired) electrons. The highest BCUT2D eigenvalue weighted by Crippen LogP contribution is 2.56. The first-order valence-corrected chi connectivity index (χ1v) is 6.85. The molecule has 0 N–H and O–H groups in total. The van der Waals surface area contributed by atoms with Crippen molar-refractivity contribution in [1.82, 2.24) is 0 Å². The van der Waals surface area contributed by atoms with Crippen LogP contribution in [0.1, 0.15) is 11.1 Å². The molecule has 0 amide bonds. The van der Waals surface area contributed by atoms with E-state index in [0.717, 1.165) is 12.3 Å². The van der Waals surface area contributed by atoms with Gasteiger partial charge in [0, 0.05) is 15.6 Å². The third kappa shape index (κ3) is 2.86. The molecule has 1 aromatic carbocycles. The first kappa shape index (κ1) is 17.8. The number of hydrogen-bond donors (Lipinski definition) is 0. The van der Waals surface area contributed by atoms with Crippen molar-refractivity contribution in [1.29, 1.82) is 0 Å². The number of aryl methyl sites for hydroxylation is 1. The summed E-state index contributed by atoms with van der Waals surface area (Å²) in [5, 5.41) is 0. The predicted molar refractivity (Wildman–Crippen MR) is 71.5 cm³/mol. The lowest BCUT2D eigenvalue weighted by molar-refractivity contribution is -0.348. The molecule has 0 aliphatic heterocycles. The molecular formula is C14H8BrF7O. The zero-order valence-electron chi connectivity index (χ0n) is 11.3. The predicted octanol–water partition coefficient (Wildman–Crippen LogP) is 6.31. The molecule has 0 spiro atoms. The first-order chi connectivity index (χ1) is 10.4. The summed E-state index contributed by atoms with van der Waals surface area (Å²) in [5.74, 6) is -0.317. The molecule has 0 bridgehead atoms. The van der Waals surface area contributed by atoms with Crippen LogP contribution in [0.15, 0.2) is 39.4 Å². The van der Waals surface area contributed by atoms with E-state index in [1.54, 1.807) is 0 Å². The Balaban J connectivity index is 2.90. The van der Waals surface area contributed by atoms with Gasteiger partial charge in [-0.25, -0.2) is 4.39 Å². The first-order valence-electron chi connectivity index (χ1n) is 6.06. The van der Waals surface area contributed by atoms with Crippen LogP contribution in [-0.4, -0.2) is 12.4 Å². The summed E-state index contributed by atoms with van der Waals surface area (Å²) in [6.45, 7) is 1.26. The number of benzene rings is 1. The fourth-order valence-corrected chi connectivity index (χ4v) is 2.92. The van der Waals surface area contributed by atoms with E-state index < -0.39 is 29.1 Å². The van der Waals surface area contributed by atoms with Gasteiger partial charge >= 0.3 is 18.0 Å². The molecule has 9 heteroatoms. The van der Waals surface area contributed by atoms with Gasteiger partial charge in [0.1, 0.15) is 5.76 Å². The van der Waals surface area contributed by atoms with Crippen LogP contribution in [0.2, 0.25) is 0 Å². The van der Waals surface area contributed by atoms with Gasteiger partial charge in [-0.05, 0) is 30.7 Å². The normalized spacial score (nSPS) is 13.4. The smallest absolute Gasteiger partial charge is 0.435 e. The van der Waals surface area contributed by atoms with Crippen LogP contribution in [0.3, 0.4) is 0 Å². The van der Waals surface area contributed by atoms with Crippen molar-refractivity contribution >= 4 is 15.9 Å². The minimum atomic E-state index is -6.19. The number of rotatable bonds is 2. The summed E-state index contributed by atoms with van der Waals surface area (Å²) in [5.41, 5.74) is -7.72. The van der Waals surface area contributed by atoms with Gasteiger partial charge < -0.3 is 4.42 Å². The maximum absolute atomic E-state index is 14.4. The van der Waals surface area contributed by atoms with E-state index in [2.05, 4.69) is 15.9 Å². The monoisotopic (exact) mass is 404 g/mol. The number of furan rings is 1. The van der Waals surface area contributed by atoms with E-state index in [4.69, 9.17) is 4.42 Å². The summed E-state index contributed by atoms with van der Waals surface area (Å²) in [6, 6.07) is 4.21. The minimum Gasteiger partial charge on any atom is -0.464 e. The zero-order valence-corrected chi connectivity index (χ0v) is 12.9. The average molecular weight is 405 g/mol. The second-order valence-corrected chi connectivity index (χ2v) is 5.65. The molecule has 126 valence electrons. The molecule has 23 heavy (non-hydrogen) atoms. The Hall–Kier alpha value is -1.51. The van der Waals surface area contributed by atoms with Crippen molar-refractivity contribution in [3.05, 3.63) is 46.1 Å². The molecule has 1 aromatic heterocycles. The van der Waals surface area contributed by atoms with Crippen molar-refractivity contribution in [3.8, 4) is 11.3 Å². The lowest BCUT2D eigenvalue weighted by atomic mass is 9.87. The Morgan fingerprint density at radius 3 is 1.96 bits per heavy atom. The number of halogens is 8. The molecule has 0 fully saturated rings. The molecule has 0 atom stereocenters. The Labute approximate surface area is 134 Å². The molecule has 2 rings (SSSR count). The molecule has 1 nitrogen and oxygen atoms in total. The minimum absolute atomic E-state index is 0.0257. The summed E-state index contributed by atoms with van der Waals surface area (Å²) in [7, 11) is 0. The van der Waals surface area contributed by atoms with E-state index in [-0.39, 0.29) is 15.8 Å². The standard InChI is InChI=1S/C14H8BrF7O/c1-7-5-8(12(16,13(17,18)19)14(20,21)22)11(9(15)6-7)10-3-2-4-23-10/h2-6H,1H3. The SMILES string of the molecule is Cc1cc(Br)c(-c2ccco2)c(C(F)(C(F)(F)F)C(F)(F)F)c1. The van der Waals surface area contributed by atoms with Gasteiger partial charge in [0.25, 0.3) is 0 Å². The van der Waals surface area contributed by atoms with Gasteiger partial charge in [0.2, 0.25) is 0 Å². The Morgan fingerprint density at radius 2 is 1.52 bits per heavy atom. The molecule has 0 aliphatic carbocycles. The topological polar surface area (TPSA) is 13.1 Å². The summed E-state index contributed by atoms with van der Waals surface area (Å²) in [4.78, 5) is 0. The highest BCUT2D eigenvalue weighted by atomic mass is 79.9. The van der Waals surface area contributed by atoms with Crippen LogP contribution in [-0.2, 0) is 5.67 Å². The second kappa shape index (κ2) is 5.54. The van der Waals surface area contributed by atoms with Crippen molar-refractivity contribution < 1.29 is 35.2 Å². The van der Waals surface area contributed by atoms with Gasteiger partial charge in [-0.3, -0.25) is 0 Å². The fourth-order valence-electron chi connectivity index (χ4n) is 2.15. The van der Waals surface area contributed by atoms with Gasteiger partial charge in [-0.1, -0.05) is 22.0 Å². The second-order valence-electron chi connectivity index (χ2n) is 4.80. The van der Waals surface area contributed by atoms with Gasteiger partial charge in [0.15, 0.2) is 0 Å². The number of alkyl halides is 7. The van der Waals surface area contributed by atoms with E-state index in [0.29, 0.717) is 6.07 Å². The lowest BCUT2D eigenvalue weighted by Crippen LogP contribution is -2.50. The third-order valence-corrected chi connectivity index (χ3v) is 3.78. The maximum atomic E-state index is 14.4. The van der Waals surface area contributed by atoms with Crippen molar-refractivity contribution in [2.24, 2.45) is 0 Å². The summed E-state index contributed by atoms with van der Waals surface area (Å²) >= 11 is 2.88. The third-order valence-electron chi connectivity index (χ3n) is 3.15. The van der Waals surface area contributed by atoms with Crippen LogP contribution in [0.25, 0.3) is 11.3 Å². The Morgan fingerprint density at radius 1 is 0.957 bits per heavy atom. The lowest BCUT2D eigenvalue weighted by Gasteiger charge is -2.32. The fraction of sp³-hybridized carbons (Fsp3) is 0.286. The molecule has 0 saturated carbocycles. The van der Waals surface area contributed by atoms with Crippen LogP contribution in [0, 0.1) is 6.92 Å². The van der Waals surface area contributed by atoms with Crippen LogP contribution >= 0.6 is 15.9 Å². The molecule has 0 unspecified atom stereocenters. The molecule has 0 aliphatic rings. The average Bonchev–Trinajstić information content (AvgIpc) is 2.87. The molecule has 2 aromatic rings. The van der Waals surface area contributed by atoms with Gasteiger partial charge in [-0.2, -0.15) is 26.3 Å². The van der Waals surface area contributed by atoms with Crippen molar-refractivity contribution in [2.75, 3.05) is 0 Å². The molecule has 0 saturated heterocycles. The van der Waals surface area contributed by atoms with Crippen LogP contribution < -0.4 is 0 Å². The van der Waals surface area contributed by atoms with Crippen molar-refractivity contribution in [3.63, 3.8) is 0 Å². The van der Waals surface area contributed by atoms with Crippen LogP contribution in [0.4, 0.5) is 30.7 Å². The largest absolute Gasteiger partial charge is 0.464 e. The van der Waals surface area contributed by atoms with Crippen molar-refractivity contribution in [2.45, 2.75) is 24.9 Å².